The maximum atomic E-state index is 4.15. The highest BCUT2D eigenvalue weighted by molar-refractivity contribution is 9.09. The molecule has 0 N–H and O–H groups in total. The third-order valence-electron chi connectivity index (χ3n) is 2.51. The number of rotatable bonds is 3. The van der Waals surface area contributed by atoms with E-state index in [2.05, 4.69) is 50.3 Å². The molecular formula is C9H12BrN5. The molecule has 0 saturated heterocycles. The molecule has 0 aliphatic carbocycles. The minimum absolute atomic E-state index is 0.365. The Morgan fingerprint density at radius 3 is 2.93 bits per heavy atom. The van der Waals surface area contributed by atoms with E-state index in [1.807, 2.05) is 6.20 Å². The molecule has 2 aromatic rings. The highest BCUT2D eigenvalue weighted by Gasteiger charge is 2.19. The summed E-state index contributed by atoms with van der Waals surface area (Å²) in [5, 5.41) is 11.5. The second-order valence-corrected chi connectivity index (χ2v) is 4.92. The van der Waals surface area contributed by atoms with E-state index in [9.17, 15) is 0 Å². The van der Waals surface area contributed by atoms with Gasteiger partial charge in [-0.25, -0.2) is 0 Å². The lowest BCUT2D eigenvalue weighted by molar-refractivity contribution is 0.609. The molecule has 2 atom stereocenters. The molecule has 0 fully saturated rings. The van der Waals surface area contributed by atoms with Gasteiger partial charge in [-0.2, -0.15) is 4.52 Å². The predicted molar refractivity (Wildman–Crippen MR) is 60.0 cm³/mol. The van der Waals surface area contributed by atoms with Gasteiger partial charge in [0.1, 0.15) is 0 Å². The van der Waals surface area contributed by atoms with Gasteiger partial charge >= 0.3 is 0 Å². The van der Waals surface area contributed by atoms with Crippen LogP contribution in [0.4, 0.5) is 0 Å². The van der Waals surface area contributed by atoms with Crippen LogP contribution in [0.25, 0.3) is 5.65 Å². The van der Waals surface area contributed by atoms with E-state index in [0.29, 0.717) is 16.4 Å². The van der Waals surface area contributed by atoms with E-state index in [1.54, 1.807) is 10.7 Å². The first-order valence-corrected chi connectivity index (χ1v) is 5.81. The summed E-state index contributed by atoms with van der Waals surface area (Å²) in [4.78, 5) is 4.53. The fraction of sp³-hybridized carbons (Fsp3) is 0.556. The molecule has 0 aromatic carbocycles. The van der Waals surface area contributed by atoms with Crippen LogP contribution >= 0.6 is 15.9 Å². The fourth-order valence-electron chi connectivity index (χ4n) is 1.72. The van der Waals surface area contributed by atoms with Crippen molar-refractivity contribution >= 4 is 21.6 Å². The molecule has 6 heteroatoms. The summed E-state index contributed by atoms with van der Waals surface area (Å²) >= 11 is 3.60. The van der Waals surface area contributed by atoms with Crippen molar-refractivity contribution < 1.29 is 0 Å². The van der Waals surface area contributed by atoms with Gasteiger partial charge in [0.15, 0.2) is 5.65 Å². The highest BCUT2D eigenvalue weighted by atomic mass is 79.9. The zero-order valence-electron chi connectivity index (χ0n) is 8.63. The van der Waals surface area contributed by atoms with Crippen LogP contribution in [0.1, 0.15) is 31.9 Å². The van der Waals surface area contributed by atoms with Gasteiger partial charge in [-0.05, 0) is 16.8 Å². The van der Waals surface area contributed by atoms with E-state index < -0.39 is 0 Å². The van der Waals surface area contributed by atoms with Crippen molar-refractivity contribution in [1.82, 2.24) is 25.0 Å². The molecule has 2 aromatic heterocycles. The molecular weight excluding hydrogens is 258 g/mol. The van der Waals surface area contributed by atoms with Gasteiger partial charge in [0.05, 0.1) is 11.9 Å². The number of nitrogens with zero attached hydrogens (tertiary/aromatic N) is 5. The van der Waals surface area contributed by atoms with Crippen LogP contribution in [0.5, 0.6) is 0 Å². The lowest BCUT2D eigenvalue weighted by Crippen LogP contribution is -2.13. The lowest BCUT2D eigenvalue weighted by atomic mass is 10.00. The number of halogens is 1. The minimum Gasteiger partial charge on any atom is -0.259 e. The Hall–Kier alpha value is -1.04. The van der Waals surface area contributed by atoms with E-state index in [0.717, 1.165) is 12.1 Å². The fourth-order valence-corrected chi connectivity index (χ4v) is 2.36. The Bertz CT molecular complexity index is 452. The standard InChI is InChI=1S/C9H12BrN5/c1-3-7(6(2)10)8-4-11-5-9-12-13-14-15(8)9/h4-7H,3H2,1-2H3. The molecule has 0 amide bonds. The van der Waals surface area contributed by atoms with Crippen molar-refractivity contribution in [3.05, 3.63) is 18.1 Å². The Morgan fingerprint density at radius 1 is 1.47 bits per heavy atom. The normalized spacial score (nSPS) is 15.4. The summed E-state index contributed by atoms with van der Waals surface area (Å²) in [7, 11) is 0. The van der Waals surface area contributed by atoms with Crippen molar-refractivity contribution in [3.8, 4) is 0 Å². The summed E-state index contributed by atoms with van der Waals surface area (Å²) in [5.41, 5.74) is 1.74. The summed E-state index contributed by atoms with van der Waals surface area (Å²) in [6.45, 7) is 4.27. The SMILES string of the molecule is CCC(c1cncc2nnnn12)C(C)Br. The van der Waals surface area contributed by atoms with Crippen LogP contribution in [0.2, 0.25) is 0 Å². The van der Waals surface area contributed by atoms with Crippen molar-refractivity contribution in [2.24, 2.45) is 0 Å². The largest absolute Gasteiger partial charge is 0.259 e. The first-order valence-electron chi connectivity index (χ1n) is 4.90. The topological polar surface area (TPSA) is 56.0 Å². The van der Waals surface area contributed by atoms with Crippen molar-refractivity contribution in [2.75, 3.05) is 0 Å². The third kappa shape index (κ3) is 1.86. The second kappa shape index (κ2) is 4.22. The summed E-state index contributed by atoms with van der Waals surface area (Å²) in [6.07, 6.45) is 4.51. The van der Waals surface area contributed by atoms with Crippen LogP contribution in [-0.2, 0) is 0 Å². The van der Waals surface area contributed by atoms with Crippen LogP contribution in [0, 0.1) is 0 Å². The van der Waals surface area contributed by atoms with Crippen LogP contribution in [0.15, 0.2) is 12.4 Å². The molecule has 0 aliphatic rings. The summed E-state index contributed by atoms with van der Waals surface area (Å²) in [5.74, 6) is 0.365. The smallest absolute Gasteiger partial charge is 0.197 e. The average Bonchev–Trinajstić information content (AvgIpc) is 2.66. The number of hydrogen-bond donors (Lipinski definition) is 0. The minimum atomic E-state index is 0.365. The number of aromatic nitrogens is 5. The van der Waals surface area contributed by atoms with Crippen molar-refractivity contribution in [1.29, 1.82) is 0 Å². The van der Waals surface area contributed by atoms with Gasteiger partial charge in [-0.1, -0.05) is 29.8 Å². The molecule has 15 heavy (non-hydrogen) atoms. The van der Waals surface area contributed by atoms with E-state index >= 15 is 0 Å². The molecule has 80 valence electrons. The molecule has 0 radical (unpaired) electrons. The first kappa shape index (κ1) is 10.5. The van der Waals surface area contributed by atoms with Gasteiger partial charge in [-0.3, -0.25) is 4.98 Å². The molecule has 0 bridgehead atoms. The van der Waals surface area contributed by atoms with E-state index in [1.165, 1.54) is 0 Å². The Labute approximate surface area is 96.0 Å². The van der Waals surface area contributed by atoms with Crippen LogP contribution < -0.4 is 0 Å². The molecule has 2 unspecified atom stereocenters. The van der Waals surface area contributed by atoms with Gasteiger partial charge < -0.3 is 0 Å². The number of hydrogen-bond acceptors (Lipinski definition) is 4. The van der Waals surface area contributed by atoms with Gasteiger partial charge in [0.2, 0.25) is 0 Å². The van der Waals surface area contributed by atoms with Crippen molar-refractivity contribution in [3.63, 3.8) is 0 Å². The maximum Gasteiger partial charge on any atom is 0.197 e. The average molecular weight is 270 g/mol. The van der Waals surface area contributed by atoms with Crippen LogP contribution in [0.3, 0.4) is 0 Å². The molecule has 2 rings (SSSR count). The molecule has 5 nitrogen and oxygen atoms in total. The summed E-state index contributed by atoms with van der Waals surface area (Å²) in [6, 6.07) is 0. The quantitative estimate of drug-likeness (QED) is 0.798. The molecule has 0 spiro atoms. The number of tetrazole rings is 1. The zero-order valence-corrected chi connectivity index (χ0v) is 10.2. The Balaban J connectivity index is 2.54. The first-order chi connectivity index (χ1) is 7.24. The lowest BCUT2D eigenvalue weighted by Gasteiger charge is -2.17. The monoisotopic (exact) mass is 269 g/mol. The molecule has 2 heterocycles. The summed E-state index contributed by atoms with van der Waals surface area (Å²) < 4.78 is 1.75. The highest BCUT2D eigenvalue weighted by Crippen LogP contribution is 2.27. The maximum absolute atomic E-state index is 4.15. The number of fused-ring (bicyclic) bond motifs is 1. The van der Waals surface area contributed by atoms with Gasteiger partial charge in [0, 0.05) is 16.9 Å². The Morgan fingerprint density at radius 2 is 2.27 bits per heavy atom. The predicted octanol–water partition coefficient (Wildman–Crippen LogP) is 1.80. The van der Waals surface area contributed by atoms with Gasteiger partial charge in [-0.15, -0.1) is 5.10 Å². The van der Waals surface area contributed by atoms with Gasteiger partial charge in [0.25, 0.3) is 0 Å². The van der Waals surface area contributed by atoms with Crippen molar-refractivity contribution in [2.45, 2.75) is 31.0 Å². The molecule has 0 aliphatic heterocycles. The Kier molecular flexibility index (Phi) is 2.95. The van der Waals surface area contributed by atoms with E-state index in [-0.39, 0.29) is 0 Å². The van der Waals surface area contributed by atoms with Crippen LogP contribution in [-0.4, -0.2) is 29.9 Å². The third-order valence-corrected chi connectivity index (χ3v) is 3.15. The second-order valence-electron chi connectivity index (χ2n) is 3.47. The number of alkyl halides is 1. The van der Waals surface area contributed by atoms with E-state index in [4.69, 9.17) is 0 Å². The molecule has 0 saturated carbocycles. The zero-order chi connectivity index (χ0) is 10.8.